The van der Waals surface area contributed by atoms with Crippen LogP contribution in [0.25, 0.3) is 0 Å². The Balaban J connectivity index is 1.64. The van der Waals surface area contributed by atoms with Gasteiger partial charge in [0.1, 0.15) is 11.9 Å². The number of aryl methyl sites for hydroxylation is 1. The van der Waals surface area contributed by atoms with Crippen LogP contribution in [-0.2, 0) is 0 Å². The number of hydrogen-bond acceptors (Lipinski definition) is 3. The largest absolute Gasteiger partial charge is 0.489 e. The van der Waals surface area contributed by atoms with E-state index in [1.807, 2.05) is 25.2 Å². The third kappa shape index (κ3) is 6.87. The molecule has 2 N–H and O–H groups in total. The number of aliphatic imine (C=N–C) groups is 1. The number of ether oxygens (including phenoxy) is 1. The predicted molar refractivity (Wildman–Crippen MR) is 110 cm³/mol. The summed E-state index contributed by atoms with van der Waals surface area (Å²) in [6.07, 6.45) is 3.94. The third-order valence-corrected chi connectivity index (χ3v) is 5.20. The second-order valence-electron chi connectivity index (χ2n) is 7.24. The average molecular weight is 361 g/mol. The Bertz CT molecular complexity index is 553. The fraction of sp³-hybridized carbons (Fsp3) is 0.667. The molecule has 1 aliphatic rings. The quantitative estimate of drug-likeness (QED) is 0.553. The first-order valence-electron chi connectivity index (χ1n) is 10.0. The fourth-order valence-corrected chi connectivity index (χ4v) is 3.39. The highest BCUT2D eigenvalue weighted by atomic mass is 16.5. The summed E-state index contributed by atoms with van der Waals surface area (Å²) in [5.41, 5.74) is 1.16. The first-order valence-corrected chi connectivity index (χ1v) is 10.0. The van der Waals surface area contributed by atoms with Gasteiger partial charge in [0.2, 0.25) is 0 Å². The van der Waals surface area contributed by atoms with Crippen LogP contribution in [0.3, 0.4) is 0 Å². The van der Waals surface area contributed by atoms with Crippen molar-refractivity contribution in [2.75, 3.05) is 39.8 Å². The van der Waals surface area contributed by atoms with Crippen molar-refractivity contribution in [2.24, 2.45) is 10.9 Å². The second kappa shape index (κ2) is 11.1. The van der Waals surface area contributed by atoms with Gasteiger partial charge in [-0.2, -0.15) is 0 Å². The molecule has 1 aromatic rings. The van der Waals surface area contributed by atoms with Crippen molar-refractivity contribution in [3.8, 4) is 5.75 Å². The average Bonchev–Trinajstić information content (AvgIpc) is 2.67. The molecule has 0 radical (unpaired) electrons. The van der Waals surface area contributed by atoms with E-state index >= 15 is 0 Å². The van der Waals surface area contributed by atoms with E-state index in [0.717, 1.165) is 36.3 Å². The van der Waals surface area contributed by atoms with Gasteiger partial charge in [0.15, 0.2) is 5.96 Å². The van der Waals surface area contributed by atoms with Crippen LogP contribution in [0.4, 0.5) is 0 Å². The summed E-state index contributed by atoms with van der Waals surface area (Å²) in [5, 5.41) is 6.81. The summed E-state index contributed by atoms with van der Waals surface area (Å²) in [4.78, 5) is 6.87. The Morgan fingerprint density at radius 2 is 2.00 bits per heavy atom. The molecule has 0 amide bonds. The van der Waals surface area contributed by atoms with Crippen molar-refractivity contribution in [3.05, 3.63) is 29.8 Å². The van der Waals surface area contributed by atoms with Crippen molar-refractivity contribution in [3.63, 3.8) is 0 Å². The maximum Gasteiger partial charge on any atom is 0.191 e. The van der Waals surface area contributed by atoms with Gasteiger partial charge >= 0.3 is 0 Å². The summed E-state index contributed by atoms with van der Waals surface area (Å²) < 4.78 is 6.01. The number of hydrogen-bond donors (Lipinski definition) is 2. The molecule has 1 aromatic carbocycles. The van der Waals surface area contributed by atoms with Gasteiger partial charge in [0.25, 0.3) is 0 Å². The predicted octanol–water partition coefficient (Wildman–Crippen LogP) is 3.05. The molecule has 5 heteroatoms. The topological polar surface area (TPSA) is 48.9 Å². The van der Waals surface area contributed by atoms with Gasteiger partial charge < -0.3 is 20.3 Å². The first-order chi connectivity index (χ1) is 12.6. The number of nitrogens with one attached hydrogen (secondary N) is 2. The van der Waals surface area contributed by atoms with Crippen LogP contribution in [0.15, 0.2) is 29.3 Å². The number of guanidine groups is 1. The minimum atomic E-state index is 0.0769. The smallest absolute Gasteiger partial charge is 0.191 e. The van der Waals surface area contributed by atoms with Crippen LogP contribution in [-0.4, -0.2) is 56.7 Å². The molecule has 1 unspecified atom stereocenters. The number of likely N-dealkylation sites (tertiary alicyclic amines) is 1. The van der Waals surface area contributed by atoms with E-state index < -0.39 is 0 Å². The molecule has 1 atom stereocenters. The van der Waals surface area contributed by atoms with E-state index in [4.69, 9.17) is 4.74 Å². The number of nitrogens with zero attached hydrogens (tertiary/aromatic N) is 2. The minimum Gasteiger partial charge on any atom is -0.489 e. The fourth-order valence-electron chi connectivity index (χ4n) is 3.39. The summed E-state index contributed by atoms with van der Waals surface area (Å²) in [7, 11) is 1.82. The third-order valence-electron chi connectivity index (χ3n) is 5.20. The van der Waals surface area contributed by atoms with Crippen LogP contribution >= 0.6 is 0 Å². The lowest BCUT2D eigenvalue weighted by atomic mass is 9.93. The van der Waals surface area contributed by atoms with Gasteiger partial charge in [-0.3, -0.25) is 4.99 Å². The summed E-state index contributed by atoms with van der Waals surface area (Å²) >= 11 is 0. The van der Waals surface area contributed by atoms with Crippen LogP contribution in [0.1, 0.15) is 38.7 Å². The van der Waals surface area contributed by atoms with Crippen LogP contribution in [0.2, 0.25) is 0 Å². The number of piperidine rings is 1. The van der Waals surface area contributed by atoms with Gasteiger partial charge in [-0.15, -0.1) is 0 Å². The highest BCUT2D eigenvalue weighted by Crippen LogP contribution is 2.19. The SMILES string of the molecule is CCN1CCC(CCNC(=NC)NCC(C)Oc2ccccc2C)CC1. The lowest BCUT2D eigenvalue weighted by Crippen LogP contribution is -2.42. The van der Waals surface area contributed by atoms with Crippen molar-refractivity contribution in [1.29, 1.82) is 0 Å². The zero-order valence-electron chi connectivity index (χ0n) is 16.9. The molecule has 0 saturated carbocycles. The molecule has 5 nitrogen and oxygen atoms in total. The maximum absolute atomic E-state index is 6.01. The molecule has 1 heterocycles. The second-order valence-corrected chi connectivity index (χ2v) is 7.24. The zero-order valence-corrected chi connectivity index (χ0v) is 16.9. The van der Waals surface area contributed by atoms with Gasteiger partial charge in [-0.05, 0) is 70.3 Å². The maximum atomic E-state index is 6.01. The molecule has 26 heavy (non-hydrogen) atoms. The molecule has 2 rings (SSSR count). The van der Waals surface area contributed by atoms with Crippen molar-refractivity contribution < 1.29 is 4.74 Å². The molecule has 0 aromatic heterocycles. The highest BCUT2D eigenvalue weighted by molar-refractivity contribution is 5.79. The van der Waals surface area contributed by atoms with E-state index in [1.165, 1.54) is 38.9 Å². The lowest BCUT2D eigenvalue weighted by molar-refractivity contribution is 0.187. The molecule has 0 aliphatic carbocycles. The van der Waals surface area contributed by atoms with Crippen LogP contribution in [0, 0.1) is 12.8 Å². The van der Waals surface area contributed by atoms with E-state index in [9.17, 15) is 0 Å². The molecule has 0 bridgehead atoms. The van der Waals surface area contributed by atoms with Crippen molar-refractivity contribution in [1.82, 2.24) is 15.5 Å². The summed E-state index contributed by atoms with van der Waals surface area (Å²) in [6.45, 7) is 11.8. The van der Waals surface area contributed by atoms with Gasteiger partial charge in [0.05, 0.1) is 6.54 Å². The van der Waals surface area contributed by atoms with E-state index in [0.29, 0.717) is 0 Å². The number of benzene rings is 1. The molecule has 0 spiro atoms. The van der Waals surface area contributed by atoms with E-state index in [-0.39, 0.29) is 6.10 Å². The van der Waals surface area contributed by atoms with Gasteiger partial charge in [-0.25, -0.2) is 0 Å². The van der Waals surface area contributed by atoms with E-state index in [2.05, 4.69) is 47.4 Å². The highest BCUT2D eigenvalue weighted by Gasteiger charge is 2.17. The molecule has 1 fully saturated rings. The zero-order chi connectivity index (χ0) is 18.8. The van der Waals surface area contributed by atoms with Gasteiger partial charge in [0, 0.05) is 13.6 Å². The molecule has 1 saturated heterocycles. The first kappa shape index (κ1) is 20.6. The Hall–Kier alpha value is -1.75. The number of rotatable bonds is 8. The molecule has 146 valence electrons. The van der Waals surface area contributed by atoms with Crippen molar-refractivity contribution >= 4 is 5.96 Å². The normalized spacial score (nSPS) is 17.8. The van der Waals surface area contributed by atoms with Crippen LogP contribution < -0.4 is 15.4 Å². The Morgan fingerprint density at radius 1 is 1.27 bits per heavy atom. The lowest BCUT2D eigenvalue weighted by Gasteiger charge is -2.31. The molecular weight excluding hydrogens is 324 g/mol. The monoisotopic (exact) mass is 360 g/mol. The Labute approximate surface area is 159 Å². The molecule has 1 aliphatic heterocycles. The Kier molecular flexibility index (Phi) is 8.75. The van der Waals surface area contributed by atoms with Crippen LogP contribution in [0.5, 0.6) is 5.75 Å². The molecular formula is C21H36N4O. The summed E-state index contributed by atoms with van der Waals surface area (Å²) in [5.74, 6) is 2.64. The standard InChI is InChI=1S/C21H36N4O/c1-5-25-14-11-19(12-15-25)10-13-23-21(22-4)24-16-18(3)26-20-9-7-6-8-17(20)2/h6-9,18-19H,5,10-16H2,1-4H3,(H2,22,23,24). The summed E-state index contributed by atoms with van der Waals surface area (Å²) in [6, 6.07) is 8.13. The number of para-hydroxylation sites is 1. The van der Waals surface area contributed by atoms with E-state index in [1.54, 1.807) is 0 Å². The van der Waals surface area contributed by atoms with Crippen molar-refractivity contribution in [2.45, 2.75) is 46.1 Å². The minimum absolute atomic E-state index is 0.0769. The van der Waals surface area contributed by atoms with Gasteiger partial charge in [-0.1, -0.05) is 25.1 Å². The Morgan fingerprint density at radius 3 is 2.65 bits per heavy atom.